The maximum Gasteiger partial charge on any atom is 0.0897 e. The van der Waals surface area contributed by atoms with E-state index < -0.39 is 6.10 Å². The van der Waals surface area contributed by atoms with Gasteiger partial charge in [-0.1, -0.05) is 0 Å². The lowest BCUT2D eigenvalue weighted by Gasteiger charge is -2.05. The summed E-state index contributed by atoms with van der Waals surface area (Å²) in [6.45, 7) is 1.97. The molecular weight excluding hydrogens is 294 g/mol. The molecule has 2 heterocycles. The summed E-state index contributed by atoms with van der Waals surface area (Å²) in [7, 11) is 0. The lowest BCUT2D eigenvalue weighted by molar-refractivity contribution is 0.178. The third-order valence-electron chi connectivity index (χ3n) is 2.04. The van der Waals surface area contributed by atoms with E-state index in [2.05, 4.69) is 20.9 Å². The van der Waals surface area contributed by atoms with Crippen molar-refractivity contribution in [1.82, 2.24) is 4.98 Å². The molecule has 0 aliphatic carbocycles. The second-order valence-electron chi connectivity index (χ2n) is 3.26. The first-order chi connectivity index (χ1) is 7.15. The summed E-state index contributed by atoms with van der Waals surface area (Å²) in [6, 6.07) is 1.95. The zero-order valence-corrected chi connectivity index (χ0v) is 11.3. The Morgan fingerprint density at radius 2 is 2.27 bits per heavy atom. The zero-order chi connectivity index (χ0) is 10.8. The molecule has 80 valence electrons. The smallest absolute Gasteiger partial charge is 0.0897 e. The Labute approximate surface area is 105 Å². The van der Waals surface area contributed by atoms with Crippen LogP contribution in [-0.4, -0.2) is 10.1 Å². The molecule has 0 radical (unpaired) electrons. The molecule has 2 aromatic heterocycles. The van der Waals surface area contributed by atoms with Gasteiger partial charge in [-0.05, 0) is 39.9 Å². The van der Waals surface area contributed by atoms with E-state index in [1.54, 1.807) is 22.7 Å². The molecule has 1 unspecified atom stereocenters. The number of aromatic nitrogens is 1. The topological polar surface area (TPSA) is 33.1 Å². The Balaban J connectivity index is 2.06. The highest BCUT2D eigenvalue weighted by Crippen LogP contribution is 2.27. The van der Waals surface area contributed by atoms with E-state index in [0.717, 1.165) is 20.1 Å². The van der Waals surface area contributed by atoms with Crippen LogP contribution in [-0.2, 0) is 6.42 Å². The van der Waals surface area contributed by atoms with Crippen LogP contribution in [0.4, 0.5) is 0 Å². The second kappa shape index (κ2) is 4.74. The van der Waals surface area contributed by atoms with Crippen molar-refractivity contribution in [2.75, 3.05) is 0 Å². The average molecular weight is 304 g/mol. The van der Waals surface area contributed by atoms with Crippen LogP contribution >= 0.6 is 38.6 Å². The van der Waals surface area contributed by atoms with E-state index in [9.17, 15) is 5.11 Å². The third-order valence-corrected chi connectivity index (χ3v) is 4.39. The predicted octanol–water partition coefficient (Wildman–Crippen LogP) is 3.55. The number of aliphatic hydroxyl groups excluding tert-OH is 1. The van der Waals surface area contributed by atoms with Gasteiger partial charge >= 0.3 is 0 Å². The number of rotatable bonds is 3. The minimum absolute atomic E-state index is 0.450. The number of halogens is 1. The van der Waals surface area contributed by atoms with E-state index in [4.69, 9.17) is 0 Å². The van der Waals surface area contributed by atoms with Crippen LogP contribution in [0.3, 0.4) is 0 Å². The van der Waals surface area contributed by atoms with Crippen molar-refractivity contribution in [3.8, 4) is 0 Å². The summed E-state index contributed by atoms with van der Waals surface area (Å²) in [5.41, 5.74) is 1.92. The van der Waals surface area contributed by atoms with Gasteiger partial charge in [0.15, 0.2) is 0 Å². The molecule has 2 rings (SSSR count). The van der Waals surface area contributed by atoms with Gasteiger partial charge in [0, 0.05) is 11.8 Å². The molecule has 0 fully saturated rings. The van der Waals surface area contributed by atoms with E-state index >= 15 is 0 Å². The van der Waals surface area contributed by atoms with Crippen molar-refractivity contribution in [2.45, 2.75) is 19.4 Å². The maximum absolute atomic E-state index is 9.95. The summed E-state index contributed by atoms with van der Waals surface area (Å²) in [4.78, 5) is 4.33. The van der Waals surface area contributed by atoms with Crippen molar-refractivity contribution in [3.05, 3.63) is 36.9 Å². The van der Waals surface area contributed by atoms with Crippen LogP contribution in [0.5, 0.6) is 0 Å². The Hall–Kier alpha value is -0.230. The minimum atomic E-state index is -0.450. The molecular formula is C10H10BrNOS2. The van der Waals surface area contributed by atoms with Gasteiger partial charge in [-0.2, -0.15) is 0 Å². The summed E-state index contributed by atoms with van der Waals surface area (Å²) in [5.74, 6) is 0. The Bertz CT molecular complexity index is 452. The molecule has 5 heteroatoms. The molecule has 0 saturated carbocycles. The molecule has 1 atom stereocenters. The first kappa shape index (κ1) is 11.3. The molecule has 15 heavy (non-hydrogen) atoms. The molecule has 0 aromatic carbocycles. The molecule has 2 nitrogen and oxygen atoms in total. The quantitative estimate of drug-likeness (QED) is 0.940. The largest absolute Gasteiger partial charge is 0.388 e. The highest BCUT2D eigenvalue weighted by atomic mass is 79.9. The minimum Gasteiger partial charge on any atom is -0.388 e. The lowest BCUT2D eigenvalue weighted by Crippen LogP contribution is -2.00. The number of nitrogens with zero attached hydrogens (tertiary/aromatic N) is 1. The van der Waals surface area contributed by atoms with Crippen LogP contribution in [0.15, 0.2) is 20.6 Å². The highest BCUT2D eigenvalue weighted by molar-refractivity contribution is 9.11. The number of hydrogen-bond donors (Lipinski definition) is 1. The van der Waals surface area contributed by atoms with Gasteiger partial charge in [-0.3, -0.25) is 0 Å². The fourth-order valence-corrected chi connectivity index (χ4v) is 3.16. The molecule has 0 spiro atoms. The molecule has 0 saturated heterocycles. The van der Waals surface area contributed by atoms with Crippen LogP contribution in [0.25, 0.3) is 0 Å². The molecule has 1 N–H and O–H groups in total. The molecule has 0 aliphatic heterocycles. The fourth-order valence-electron chi connectivity index (χ4n) is 1.32. The summed E-state index contributed by atoms with van der Waals surface area (Å²) >= 11 is 6.59. The summed E-state index contributed by atoms with van der Waals surface area (Å²) in [6.07, 6.45) is 0.141. The first-order valence-corrected chi connectivity index (χ1v) is 7.03. The fraction of sp³-hybridized carbons (Fsp3) is 0.300. The van der Waals surface area contributed by atoms with Gasteiger partial charge in [0.2, 0.25) is 0 Å². The Morgan fingerprint density at radius 3 is 2.80 bits per heavy atom. The van der Waals surface area contributed by atoms with Crippen molar-refractivity contribution in [2.24, 2.45) is 0 Å². The van der Waals surface area contributed by atoms with E-state index in [0.29, 0.717) is 6.42 Å². The van der Waals surface area contributed by atoms with E-state index in [-0.39, 0.29) is 0 Å². The Kier molecular flexibility index (Phi) is 3.56. The van der Waals surface area contributed by atoms with Gasteiger partial charge in [-0.25, -0.2) is 4.98 Å². The molecule has 0 aliphatic rings. The number of thiophene rings is 1. The molecule has 0 amide bonds. The summed E-state index contributed by atoms with van der Waals surface area (Å²) in [5, 5.41) is 15.0. The third kappa shape index (κ3) is 2.87. The number of thiazole rings is 1. The standard InChI is InChI=1S/C10H10BrNOS2/c1-6-12-8(5-14-6)3-9(13)7-2-10(11)15-4-7/h2,4-5,9,13H,3H2,1H3. The van der Waals surface area contributed by atoms with Crippen LogP contribution in [0.2, 0.25) is 0 Å². The van der Waals surface area contributed by atoms with Crippen LogP contribution in [0, 0.1) is 6.92 Å². The molecule has 2 aromatic rings. The predicted molar refractivity (Wildman–Crippen MR) is 67.5 cm³/mol. The number of hydrogen-bond acceptors (Lipinski definition) is 4. The Morgan fingerprint density at radius 1 is 1.47 bits per heavy atom. The van der Waals surface area contributed by atoms with Crippen LogP contribution in [0.1, 0.15) is 22.4 Å². The first-order valence-electron chi connectivity index (χ1n) is 4.48. The van der Waals surface area contributed by atoms with Crippen molar-refractivity contribution in [3.63, 3.8) is 0 Å². The zero-order valence-electron chi connectivity index (χ0n) is 8.11. The maximum atomic E-state index is 9.95. The van der Waals surface area contributed by atoms with Gasteiger partial charge in [0.05, 0.1) is 20.6 Å². The number of aliphatic hydroxyl groups is 1. The van der Waals surface area contributed by atoms with Crippen LogP contribution < -0.4 is 0 Å². The highest BCUT2D eigenvalue weighted by Gasteiger charge is 2.11. The normalized spacial score (nSPS) is 13.0. The SMILES string of the molecule is Cc1nc(CC(O)c2csc(Br)c2)cs1. The van der Waals surface area contributed by atoms with Gasteiger partial charge < -0.3 is 5.11 Å². The van der Waals surface area contributed by atoms with E-state index in [1.165, 1.54) is 0 Å². The average Bonchev–Trinajstić information content (AvgIpc) is 2.75. The second-order valence-corrected chi connectivity index (χ2v) is 6.61. The van der Waals surface area contributed by atoms with Gasteiger partial charge in [-0.15, -0.1) is 22.7 Å². The lowest BCUT2D eigenvalue weighted by atomic mass is 10.1. The van der Waals surface area contributed by atoms with Crippen molar-refractivity contribution >= 4 is 38.6 Å². The monoisotopic (exact) mass is 303 g/mol. The van der Waals surface area contributed by atoms with Crippen molar-refractivity contribution < 1.29 is 5.11 Å². The van der Waals surface area contributed by atoms with Gasteiger partial charge in [0.1, 0.15) is 0 Å². The molecule has 0 bridgehead atoms. The van der Waals surface area contributed by atoms with Gasteiger partial charge in [0.25, 0.3) is 0 Å². The summed E-state index contributed by atoms with van der Waals surface area (Å²) < 4.78 is 1.05. The number of aryl methyl sites for hydroxylation is 1. The van der Waals surface area contributed by atoms with Crippen molar-refractivity contribution in [1.29, 1.82) is 0 Å². The van der Waals surface area contributed by atoms with E-state index in [1.807, 2.05) is 23.8 Å².